The van der Waals surface area contributed by atoms with Crippen molar-refractivity contribution >= 4 is 35.1 Å². The average Bonchev–Trinajstić information content (AvgIpc) is 3.06. The topological polar surface area (TPSA) is 85.7 Å². The third kappa shape index (κ3) is 5.76. The number of rotatable bonds is 6. The van der Waals surface area contributed by atoms with E-state index < -0.39 is 47.5 Å². The summed E-state index contributed by atoms with van der Waals surface area (Å²) in [5, 5.41) is 6.56. The highest BCUT2D eigenvalue weighted by atomic mass is 35.5. The molecule has 2 atom stereocenters. The summed E-state index contributed by atoms with van der Waals surface area (Å²) in [6.45, 7) is 3.05. The van der Waals surface area contributed by atoms with Crippen molar-refractivity contribution in [2.24, 2.45) is 0 Å². The molecule has 2 unspecified atom stereocenters. The first-order valence-corrected chi connectivity index (χ1v) is 11.0. The molecule has 0 radical (unpaired) electrons. The molecular formula is C21H23Cl2F3N4O4. The molecule has 0 spiro atoms. The molecule has 1 aromatic carbocycles. The molecule has 13 heteroatoms. The summed E-state index contributed by atoms with van der Waals surface area (Å²) >= 11 is 11.9. The van der Waals surface area contributed by atoms with Crippen LogP contribution in [0.4, 0.5) is 13.2 Å². The van der Waals surface area contributed by atoms with E-state index in [4.69, 9.17) is 32.7 Å². The van der Waals surface area contributed by atoms with Gasteiger partial charge in [-0.25, -0.2) is 0 Å². The van der Waals surface area contributed by atoms with Gasteiger partial charge in [0.15, 0.2) is 5.69 Å². The van der Waals surface area contributed by atoms with Gasteiger partial charge in [-0.3, -0.25) is 14.3 Å². The van der Waals surface area contributed by atoms with Crippen LogP contribution in [0.15, 0.2) is 18.2 Å². The van der Waals surface area contributed by atoms with Gasteiger partial charge in [0, 0.05) is 26.6 Å². The fourth-order valence-electron chi connectivity index (χ4n) is 3.71. The first kappa shape index (κ1) is 26.1. The van der Waals surface area contributed by atoms with Gasteiger partial charge in [0.1, 0.15) is 18.4 Å². The largest absolute Gasteiger partial charge is 0.495 e. The highest BCUT2D eigenvalue weighted by Gasteiger charge is 2.39. The Morgan fingerprint density at radius 3 is 2.62 bits per heavy atom. The van der Waals surface area contributed by atoms with Crippen LogP contribution in [0.25, 0.3) is 0 Å². The fraction of sp³-hybridized carbons (Fsp3) is 0.476. The van der Waals surface area contributed by atoms with Crippen LogP contribution in [0.5, 0.6) is 5.75 Å². The van der Waals surface area contributed by atoms with Crippen LogP contribution in [0, 0.1) is 6.92 Å². The van der Waals surface area contributed by atoms with Crippen molar-refractivity contribution in [1.82, 2.24) is 20.0 Å². The Morgan fingerprint density at radius 1 is 1.32 bits per heavy atom. The Balaban J connectivity index is 1.80. The van der Waals surface area contributed by atoms with E-state index in [0.29, 0.717) is 29.4 Å². The lowest BCUT2D eigenvalue weighted by atomic mass is 9.99. The third-order valence-electron chi connectivity index (χ3n) is 5.41. The van der Waals surface area contributed by atoms with Crippen molar-refractivity contribution in [2.45, 2.75) is 38.7 Å². The van der Waals surface area contributed by atoms with Gasteiger partial charge in [0.05, 0.1) is 28.9 Å². The number of carbonyl (C=O) groups is 2. The van der Waals surface area contributed by atoms with Crippen molar-refractivity contribution in [1.29, 1.82) is 0 Å². The smallest absolute Gasteiger partial charge is 0.436 e. The summed E-state index contributed by atoms with van der Waals surface area (Å²) in [5.41, 5.74) is -0.586. The number of ether oxygens (including phenoxy) is 2. The van der Waals surface area contributed by atoms with E-state index in [9.17, 15) is 22.8 Å². The van der Waals surface area contributed by atoms with Crippen LogP contribution < -0.4 is 10.1 Å². The number of piperazine rings is 1. The van der Waals surface area contributed by atoms with Gasteiger partial charge in [0.25, 0.3) is 0 Å². The summed E-state index contributed by atoms with van der Waals surface area (Å²) in [7, 11) is 1.46. The molecule has 1 amide bonds. The van der Waals surface area contributed by atoms with Crippen LogP contribution in [0.2, 0.25) is 10.0 Å². The number of nitrogens with one attached hydrogen (secondary N) is 1. The molecule has 1 aliphatic heterocycles. The van der Waals surface area contributed by atoms with Gasteiger partial charge in [-0.05, 0) is 24.6 Å². The quantitative estimate of drug-likeness (QED) is 0.583. The van der Waals surface area contributed by atoms with E-state index >= 15 is 0 Å². The zero-order valence-electron chi connectivity index (χ0n) is 18.6. The minimum atomic E-state index is -4.73. The molecule has 8 nitrogen and oxygen atoms in total. The lowest BCUT2D eigenvalue weighted by Crippen LogP contribution is -2.55. The highest BCUT2D eigenvalue weighted by Crippen LogP contribution is 2.35. The number of aromatic nitrogens is 2. The molecule has 1 N–H and O–H groups in total. The second kappa shape index (κ2) is 10.4. The number of halogens is 5. The van der Waals surface area contributed by atoms with E-state index in [1.54, 1.807) is 18.2 Å². The van der Waals surface area contributed by atoms with Gasteiger partial charge < -0.3 is 19.7 Å². The van der Waals surface area contributed by atoms with Gasteiger partial charge in [-0.2, -0.15) is 18.3 Å². The van der Waals surface area contributed by atoms with Crippen LogP contribution in [-0.2, 0) is 27.0 Å². The normalized spacial score (nSPS) is 17.4. The summed E-state index contributed by atoms with van der Waals surface area (Å²) in [6.07, 6.45) is -5.50. The summed E-state index contributed by atoms with van der Waals surface area (Å²) in [6, 6.07) is 4.46. The van der Waals surface area contributed by atoms with E-state index in [1.807, 2.05) is 0 Å². The van der Waals surface area contributed by atoms with Gasteiger partial charge in [-0.1, -0.05) is 29.3 Å². The number of alkyl halides is 3. The molecule has 186 valence electrons. The van der Waals surface area contributed by atoms with E-state index in [0.717, 1.165) is 4.68 Å². The van der Waals surface area contributed by atoms with Crippen LogP contribution >= 0.6 is 23.2 Å². The summed E-state index contributed by atoms with van der Waals surface area (Å²) in [5.74, 6) is -0.574. The molecule has 0 saturated carbocycles. The number of hydrogen-bond donors (Lipinski definition) is 1. The predicted molar refractivity (Wildman–Crippen MR) is 118 cm³/mol. The molecule has 1 aliphatic rings. The monoisotopic (exact) mass is 522 g/mol. The van der Waals surface area contributed by atoms with Gasteiger partial charge in [0.2, 0.25) is 5.91 Å². The number of nitrogens with zero attached hydrogens (tertiary/aromatic N) is 3. The lowest BCUT2D eigenvalue weighted by molar-refractivity contribution is -0.150. The number of esters is 1. The zero-order chi connectivity index (χ0) is 25.2. The van der Waals surface area contributed by atoms with E-state index in [1.165, 1.54) is 25.9 Å². The maximum atomic E-state index is 13.1. The van der Waals surface area contributed by atoms with Crippen molar-refractivity contribution in [2.75, 3.05) is 26.7 Å². The second-order valence-corrected chi connectivity index (χ2v) is 8.51. The minimum absolute atomic E-state index is 0.0417. The van der Waals surface area contributed by atoms with Crippen LogP contribution in [0.3, 0.4) is 0 Å². The number of hydrogen-bond acceptors (Lipinski definition) is 6. The van der Waals surface area contributed by atoms with Gasteiger partial charge in [-0.15, -0.1) is 0 Å². The highest BCUT2D eigenvalue weighted by molar-refractivity contribution is 6.32. The lowest BCUT2D eigenvalue weighted by Gasteiger charge is -2.37. The Hall–Kier alpha value is -2.50. The molecule has 1 fully saturated rings. The van der Waals surface area contributed by atoms with Crippen molar-refractivity contribution in [3.8, 4) is 5.75 Å². The zero-order valence-corrected chi connectivity index (χ0v) is 20.1. The van der Waals surface area contributed by atoms with Crippen molar-refractivity contribution in [3.05, 3.63) is 45.2 Å². The van der Waals surface area contributed by atoms with Crippen LogP contribution in [0.1, 0.15) is 30.0 Å². The molecule has 1 saturated heterocycles. The molecular weight excluding hydrogens is 500 g/mol. The maximum Gasteiger partial charge on any atom is 0.436 e. The Morgan fingerprint density at radius 2 is 2.03 bits per heavy atom. The average molecular weight is 523 g/mol. The number of carbonyl (C=O) groups excluding carboxylic acids is 2. The maximum absolute atomic E-state index is 13.1. The Labute approximate surface area is 203 Å². The Bertz CT molecular complexity index is 1080. The number of methoxy groups -OCH3 is 1. The molecule has 3 rings (SSSR count). The molecule has 0 aliphatic carbocycles. The summed E-state index contributed by atoms with van der Waals surface area (Å²) < 4.78 is 51.0. The Kier molecular flexibility index (Phi) is 7.99. The van der Waals surface area contributed by atoms with Crippen molar-refractivity contribution < 1.29 is 32.2 Å². The second-order valence-electron chi connectivity index (χ2n) is 7.73. The molecule has 34 heavy (non-hydrogen) atoms. The fourth-order valence-corrected chi connectivity index (χ4v) is 4.15. The SMILES string of the molecule is COc1cc(C(OC(C)=O)C2CN(C(=O)Cn3nc(C(F)(F)F)c(Cl)c3C)CCN2)ccc1Cl. The first-order valence-electron chi connectivity index (χ1n) is 10.2. The standard InChI is InChI=1S/C21H23Cl2F3N4O4/c1-11-18(23)20(21(24,25)26)28-30(11)10-17(32)29-7-6-27-15(9-29)19(34-12(2)31)13-4-5-14(22)16(8-13)33-3/h4-5,8,15,19,27H,6-7,9-10H2,1-3H3. The third-order valence-corrected chi connectivity index (χ3v) is 6.17. The first-order chi connectivity index (χ1) is 15.9. The molecule has 0 bridgehead atoms. The van der Waals surface area contributed by atoms with Crippen LogP contribution in [-0.4, -0.2) is 59.3 Å². The molecule has 2 heterocycles. The summed E-state index contributed by atoms with van der Waals surface area (Å²) in [4.78, 5) is 26.2. The number of amides is 1. The number of benzene rings is 1. The van der Waals surface area contributed by atoms with E-state index in [-0.39, 0.29) is 12.2 Å². The van der Waals surface area contributed by atoms with Gasteiger partial charge >= 0.3 is 12.1 Å². The van der Waals surface area contributed by atoms with Crippen molar-refractivity contribution in [3.63, 3.8) is 0 Å². The minimum Gasteiger partial charge on any atom is -0.495 e. The van der Waals surface area contributed by atoms with E-state index in [2.05, 4.69) is 10.4 Å². The molecule has 2 aromatic rings. The molecule has 1 aromatic heterocycles. The predicted octanol–water partition coefficient (Wildman–Crippen LogP) is 3.63.